The number of carbonyl (C=O) groups excluding carboxylic acids is 3. The molecule has 59 heavy (non-hydrogen) atoms. The third-order valence-electron chi connectivity index (χ3n) is 12.5. The monoisotopic (exact) mass is 877 g/mol. The normalized spacial score (nSPS) is 23.0. The molecule has 1 spiro atoms. The number of β-lactam (4-membered cyclic amide) rings is 1. The lowest BCUT2D eigenvalue weighted by molar-refractivity contribution is -0.154. The van der Waals surface area contributed by atoms with Gasteiger partial charge >= 0.3 is 5.97 Å². The number of anilines is 2. The highest BCUT2D eigenvalue weighted by atomic mass is 79.9. The highest BCUT2D eigenvalue weighted by molar-refractivity contribution is 9.10. The molecule has 0 aliphatic carbocycles. The van der Waals surface area contributed by atoms with E-state index >= 15 is 4.79 Å². The van der Waals surface area contributed by atoms with Gasteiger partial charge in [-0.15, -0.1) is 5.10 Å². The summed E-state index contributed by atoms with van der Waals surface area (Å²) in [5, 5.41) is 20.5. The van der Waals surface area contributed by atoms with Crippen LogP contribution in [-0.2, 0) is 42.5 Å². The summed E-state index contributed by atoms with van der Waals surface area (Å²) in [5.41, 5.74) is 3.54. The number of rotatable bonds is 13. The zero-order chi connectivity index (χ0) is 41.6. The first kappa shape index (κ1) is 40.6. The van der Waals surface area contributed by atoms with Crippen molar-refractivity contribution in [3.63, 3.8) is 0 Å². The van der Waals surface area contributed by atoms with Crippen LogP contribution in [0.4, 0.5) is 11.4 Å². The Balaban J connectivity index is 1.11. The van der Waals surface area contributed by atoms with Crippen molar-refractivity contribution in [2.45, 2.75) is 82.3 Å². The van der Waals surface area contributed by atoms with E-state index in [4.69, 9.17) is 14.2 Å². The van der Waals surface area contributed by atoms with E-state index in [2.05, 4.69) is 58.4 Å². The van der Waals surface area contributed by atoms with Crippen molar-refractivity contribution in [1.82, 2.24) is 15.0 Å². The van der Waals surface area contributed by atoms with Crippen molar-refractivity contribution in [3.8, 4) is 5.75 Å². The molecule has 3 aliphatic rings. The number of aromatic nitrogens is 3. The number of nitrogens with zero attached hydrogens (tertiary/aromatic N) is 5. The lowest BCUT2D eigenvalue weighted by atomic mass is 9.82. The van der Waals surface area contributed by atoms with Crippen LogP contribution in [0.2, 0.25) is 18.6 Å². The van der Waals surface area contributed by atoms with E-state index in [0.29, 0.717) is 24.3 Å². The van der Waals surface area contributed by atoms with Crippen molar-refractivity contribution in [2.24, 2.45) is 5.92 Å². The maximum Gasteiger partial charge on any atom is 0.304 e. The number of hydrogen-bond acceptors (Lipinski definition) is 9. The molecule has 3 aliphatic heterocycles. The molecule has 4 heterocycles. The first-order valence-corrected chi connectivity index (χ1v) is 23.8. The van der Waals surface area contributed by atoms with E-state index in [1.54, 1.807) is 7.11 Å². The number of aryl methyl sites for hydroxylation is 1. The van der Waals surface area contributed by atoms with Crippen molar-refractivity contribution >= 4 is 58.3 Å². The van der Waals surface area contributed by atoms with Gasteiger partial charge < -0.3 is 24.2 Å². The van der Waals surface area contributed by atoms with Crippen molar-refractivity contribution in [1.29, 1.82) is 0 Å². The van der Waals surface area contributed by atoms with Gasteiger partial charge in [0.25, 0.3) is 5.91 Å². The molecule has 12 nitrogen and oxygen atoms in total. The number of benzene rings is 4. The van der Waals surface area contributed by atoms with Crippen LogP contribution in [0.5, 0.6) is 5.75 Å². The van der Waals surface area contributed by atoms with Gasteiger partial charge in [0.15, 0.2) is 11.8 Å². The minimum Gasteiger partial charge on any atom is -0.497 e. The highest BCUT2D eigenvalue weighted by Crippen LogP contribution is 2.60. The first-order valence-electron chi connectivity index (χ1n) is 19.9. The number of hydrogen-bond donors (Lipinski definition) is 1. The van der Waals surface area contributed by atoms with Gasteiger partial charge in [-0.25, -0.2) is 0 Å². The van der Waals surface area contributed by atoms with Crippen molar-refractivity contribution in [3.05, 3.63) is 130 Å². The number of methoxy groups -OCH3 is 1. The van der Waals surface area contributed by atoms with Crippen LogP contribution in [0.1, 0.15) is 55.0 Å². The van der Waals surface area contributed by atoms with Gasteiger partial charge in [0.1, 0.15) is 5.75 Å². The molecular weight excluding hydrogens is 831 g/mol. The minimum atomic E-state index is -2.40. The third-order valence-corrected chi connectivity index (χ3v) is 17.4. The summed E-state index contributed by atoms with van der Waals surface area (Å²) in [6.07, 6.45) is 1.70. The fraction of sp³-hybridized carbons (Fsp3) is 0.356. The standard InChI is InChI=1S/C45H48BrN5O7Si/c1-28-43(59(4,5)35-18-16-34(56-3)17-19-35)40(21-22-49-26-38(47-48-49)36(27-52)31-9-7-6-8-10-31)58-45(28)37-23-32(46)13-20-39(37)50(44(45)55)25-30-11-14-33(15-12-30)51-41(54)24-42(51)57-29(2)53/h6-20,23,26,28,36,40,42-43,52H,21-22,24-25,27H2,1-5H3/t28-,36?,40+,42?,43-,45+/m1/s1. The average molecular weight is 879 g/mol. The number of amides is 2. The Bertz CT molecular complexity index is 2360. The maximum atomic E-state index is 15.3. The summed E-state index contributed by atoms with van der Waals surface area (Å²) in [5.74, 6) is -0.393. The Morgan fingerprint density at radius 2 is 1.76 bits per heavy atom. The number of esters is 1. The first-order chi connectivity index (χ1) is 28.3. The van der Waals surface area contributed by atoms with Gasteiger partial charge in [-0.1, -0.05) is 101 Å². The quantitative estimate of drug-likeness (QED) is 0.0784. The van der Waals surface area contributed by atoms with Crippen LogP contribution in [0, 0.1) is 5.92 Å². The largest absolute Gasteiger partial charge is 0.497 e. The Kier molecular flexibility index (Phi) is 11.1. The van der Waals surface area contributed by atoms with Crippen LogP contribution in [0.15, 0.2) is 108 Å². The molecule has 0 saturated carbocycles. The zero-order valence-corrected chi connectivity index (χ0v) is 36.3. The SMILES string of the molecule is COc1ccc([Si](C)(C)[C@H]2[C@H](CCn3cc(C(CO)c4ccccc4)nn3)O[C@@]3(C(=O)N(Cc4ccc(N5C(=O)CC5OC(C)=O)cc4)c4ccc(Br)cc43)[C@@H]2C)cc1. The predicted octanol–water partition coefficient (Wildman–Crippen LogP) is 6.65. The van der Waals surface area contributed by atoms with Gasteiger partial charge in [0.2, 0.25) is 5.91 Å². The molecule has 1 N–H and O–H groups in total. The molecule has 2 fully saturated rings. The second-order valence-electron chi connectivity index (χ2n) is 16.2. The molecule has 306 valence electrons. The Morgan fingerprint density at radius 1 is 1.03 bits per heavy atom. The second-order valence-corrected chi connectivity index (χ2v) is 21.9. The van der Waals surface area contributed by atoms with Crippen molar-refractivity contribution in [2.75, 3.05) is 23.5 Å². The van der Waals surface area contributed by atoms with Crippen molar-refractivity contribution < 1.29 is 33.7 Å². The van der Waals surface area contributed by atoms with Crippen LogP contribution >= 0.6 is 15.9 Å². The summed E-state index contributed by atoms with van der Waals surface area (Å²) < 4.78 is 20.9. The summed E-state index contributed by atoms with van der Waals surface area (Å²) in [7, 11) is -0.740. The molecule has 0 bridgehead atoms. The van der Waals surface area contributed by atoms with Crippen LogP contribution < -0.4 is 19.7 Å². The van der Waals surface area contributed by atoms with E-state index in [1.165, 1.54) is 17.0 Å². The van der Waals surface area contributed by atoms with Gasteiger partial charge in [-0.3, -0.25) is 24.0 Å². The molecule has 2 unspecified atom stereocenters. The fourth-order valence-electron chi connectivity index (χ4n) is 9.54. The predicted molar refractivity (Wildman–Crippen MR) is 229 cm³/mol. The van der Waals surface area contributed by atoms with Crippen LogP contribution in [0.3, 0.4) is 0 Å². The van der Waals surface area contributed by atoms with E-state index in [1.807, 2.05) is 101 Å². The molecule has 0 radical (unpaired) electrons. The molecule has 14 heteroatoms. The minimum absolute atomic E-state index is 0.0163. The summed E-state index contributed by atoms with van der Waals surface area (Å²) in [4.78, 5) is 42.7. The molecule has 1 aromatic heterocycles. The molecular formula is C45H48BrN5O7Si. The topological polar surface area (TPSA) is 136 Å². The number of halogens is 1. The number of ether oxygens (including phenoxy) is 3. The van der Waals surface area contributed by atoms with Gasteiger partial charge in [-0.05, 0) is 65.6 Å². The molecule has 6 atom stereocenters. The van der Waals surface area contributed by atoms with Gasteiger partial charge in [-0.2, -0.15) is 0 Å². The van der Waals surface area contributed by atoms with E-state index < -0.39 is 25.9 Å². The van der Waals surface area contributed by atoms with Crippen LogP contribution in [0.25, 0.3) is 0 Å². The highest BCUT2D eigenvalue weighted by Gasteiger charge is 2.66. The molecule has 2 saturated heterocycles. The summed E-state index contributed by atoms with van der Waals surface area (Å²) in [6.45, 7) is 8.92. The smallest absolute Gasteiger partial charge is 0.304 e. The lowest BCUT2D eigenvalue weighted by Crippen LogP contribution is -2.54. The number of aliphatic hydroxyl groups is 1. The maximum absolute atomic E-state index is 15.3. The molecule has 5 aromatic rings. The molecule has 8 rings (SSSR count). The Hall–Kier alpha value is -5.15. The number of carbonyl (C=O) groups is 3. The van der Waals surface area contributed by atoms with E-state index in [-0.39, 0.29) is 54.9 Å². The van der Waals surface area contributed by atoms with E-state index in [0.717, 1.165) is 32.6 Å². The van der Waals surface area contributed by atoms with Gasteiger partial charge in [0.05, 0.1) is 58.2 Å². The zero-order valence-electron chi connectivity index (χ0n) is 33.7. The lowest BCUT2D eigenvalue weighted by Gasteiger charge is -2.39. The Labute approximate surface area is 353 Å². The van der Waals surface area contributed by atoms with E-state index in [9.17, 15) is 14.7 Å². The fourth-order valence-corrected chi connectivity index (χ4v) is 14.0. The third kappa shape index (κ3) is 7.30. The van der Waals surface area contributed by atoms with Crippen LogP contribution in [-0.4, -0.2) is 72.0 Å². The molecule has 2 amide bonds. The summed E-state index contributed by atoms with van der Waals surface area (Å²) in [6, 6.07) is 31.5. The second kappa shape index (κ2) is 16.1. The summed E-state index contributed by atoms with van der Waals surface area (Å²) >= 11 is 3.71. The molecule has 4 aromatic carbocycles. The van der Waals surface area contributed by atoms with Gasteiger partial charge in [0, 0.05) is 41.3 Å². The average Bonchev–Trinajstić information content (AvgIpc) is 3.88. The Morgan fingerprint density at radius 3 is 2.42 bits per heavy atom. The number of aliphatic hydroxyl groups excluding tert-OH is 1. The number of fused-ring (bicyclic) bond motifs is 2.